The van der Waals surface area contributed by atoms with Crippen LogP contribution < -0.4 is 0 Å². The zero-order valence-corrected chi connectivity index (χ0v) is 16.1. The van der Waals surface area contributed by atoms with Crippen LogP contribution in [0, 0.1) is 6.92 Å². The van der Waals surface area contributed by atoms with Crippen molar-refractivity contribution in [2.75, 3.05) is 0 Å². The normalized spacial score (nSPS) is 10.5. The van der Waals surface area contributed by atoms with Crippen molar-refractivity contribution in [1.29, 1.82) is 0 Å². The third-order valence-electron chi connectivity index (χ3n) is 4.98. The monoisotopic (exact) mass is 376 g/mol. The number of hydrogen-bond acceptors (Lipinski definition) is 2. The summed E-state index contributed by atoms with van der Waals surface area (Å²) in [7, 11) is 0. The number of carbonyl (C=O) groups is 2. The highest BCUT2D eigenvalue weighted by Gasteiger charge is 2.10. The van der Waals surface area contributed by atoms with Crippen LogP contribution in [0.1, 0.15) is 37.4 Å². The Bertz CT molecular complexity index is 1140. The van der Waals surface area contributed by atoms with Crippen molar-refractivity contribution in [2.45, 2.75) is 6.92 Å². The van der Waals surface area contributed by atoms with E-state index in [4.69, 9.17) is 0 Å². The van der Waals surface area contributed by atoms with Crippen LogP contribution >= 0.6 is 0 Å². The first-order valence-corrected chi connectivity index (χ1v) is 9.53. The van der Waals surface area contributed by atoms with Crippen molar-refractivity contribution in [3.63, 3.8) is 0 Å². The van der Waals surface area contributed by atoms with Crippen LogP contribution in [0.15, 0.2) is 103 Å². The second kappa shape index (κ2) is 8.07. The van der Waals surface area contributed by atoms with Gasteiger partial charge in [0.05, 0.1) is 0 Å². The molecule has 0 aliphatic heterocycles. The van der Waals surface area contributed by atoms with Gasteiger partial charge in [-0.25, -0.2) is 0 Å². The molecule has 0 fully saturated rings. The smallest absolute Gasteiger partial charge is 0.193 e. The highest BCUT2D eigenvalue weighted by molar-refractivity contribution is 6.10. The molecule has 0 unspecified atom stereocenters. The number of ketones is 2. The van der Waals surface area contributed by atoms with E-state index in [0.717, 1.165) is 16.7 Å². The van der Waals surface area contributed by atoms with Crippen LogP contribution in [0.5, 0.6) is 0 Å². The number of carbonyl (C=O) groups excluding carboxylic acids is 2. The summed E-state index contributed by atoms with van der Waals surface area (Å²) < 4.78 is 0. The molecule has 0 bridgehead atoms. The first kappa shape index (κ1) is 18.6. The number of hydrogen-bond donors (Lipinski definition) is 0. The van der Waals surface area contributed by atoms with Crippen molar-refractivity contribution in [2.24, 2.45) is 0 Å². The molecule has 0 aromatic heterocycles. The molecule has 0 aliphatic rings. The van der Waals surface area contributed by atoms with Gasteiger partial charge in [-0.1, -0.05) is 109 Å². The van der Waals surface area contributed by atoms with Gasteiger partial charge >= 0.3 is 0 Å². The lowest BCUT2D eigenvalue weighted by atomic mass is 9.97. The Kier molecular flexibility index (Phi) is 5.17. The molecule has 140 valence electrons. The van der Waals surface area contributed by atoms with Crippen LogP contribution in [0.4, 0.5) is 0 Å². The molecule has 0 saturated carbocycles. The van der Waals surface area contributed by atoms with Gasteiger partial charge in [-0.05, 0) is 18.1 Å². The minimum absolute atomic E-state index is 0.0104. The van der Waals surface area contributed by atoms with Gasteiger partial charge in [0.15, 0.2) is 11.6 Å². The highest BCUT2D eigenvalue weighted by Crippen LogP contribution is 2.22. The molecule has 0 radical (unpaired) electrons. The van der Waals surface area contributed by atoms with Gasteiger partial charge in [-0.15, -0.1) is 0 Å². The third-order valence-corrected chi connectivity index (χ3v) is 4.98. The molecular weight excluding hydrogens is 356 g/mol. The van der Waals surface area contributed by atoms with E-state index in [0.29, 0.717) is 22.3 Å². The predicted molar refractivity (Wildman–Crippen MR) is 116 cm³/mol. The number of aryl methyl sites for hydroxylation is 1. The standard InChI is InChI=1S/C27H20O2/c1-19-7-9-23(10-8-19)27(29)25-17-13-21(14-18-25)20-11-15-24(16-12-20)26(28)22-5-3-2-4-6-22/h2-18H,1H3. The van der Waals surface area contributed by atoms with E-state index < -0.39 is 0 Å². The Balaban J connectivity index is 1.52. The highest BCUT2D eigenvalue weighted by atomic mass is 16.1. The first-order chi connectivity index (χ1) is 14.1. The first-order valence-electron chi connectivity index (χ1n) is 9.53. The summed E-state index contributed by atoms with van der Waals surface area (Å²) in [6.07, 6.45) is 0. The third kappa shape index (κ3) is 4.07. The van der Waals surface area contributed by atoms with Crippen LogP contribution in [0.25, 0.3) is 11.1 Å². The maximum absolute atomic E-state index is 12.6. The second-order valence-electron chi connectivity index (χ2n) is 7.04. The van der Waals surface area contributed by atoms with E-state index >= 15 is 0 Å². The summed E-state index contributed by atoms with van der Waals surface area (Å²) in [4.78, 5) is 25.2. The van der Waals surface area contributed by atoms with Gasteiger partial charge in [0.25, 0.3) is 0 Å². The Labute approximate surface area is 170 Å². The average Bonchev–Trinajstić information content (AvgIpc) is 2.79. The minimum atomic E-state index is 0.0104. The largest absolute Gasteiger partial charge is 0.289 e. The number of rotatable bonds is 5. The maximum atomic E-state index is 12.6. The zero-order chi connectivity index (χ0) is 20.2. The van der Waals surface area contributed by atoms with Gasteiger partial charge < -0.3 is 0 Å². The van der Waals surface area contributed by atoms with E-state index in [9.17, 15) is 9.59 Å². The van der Waals surface area contributed by atoms with Gasteiger partial charge in [0.2, 0.25) is 0 Å². The molecule has 0 aliphatic carbocycles. The average molecular weight is 376 g/mol. The summed E-state index contributed by atoms with van der Waals surface area (Å²) in [6.45, 7) is 2.00. The molecule has 2 nitrogen and oxygen atoms in total. The van der Waals surface area contributed by atoms with Crippen molar-refractivity contribution in [1.82, 2.24) is 0 Å². The van der Waals surface area contributed by atoms with Gasteiger partial charge in [-0.2, -0.15) is 0 Å². The number of benzene rings is 4. The lowest BCUT2D eigenvalue weighted by molar-refractivity contribution is 0.103. The Morgan fingerprint density at radius 3 is 1.21 bits per heavy atom. The summed E-state index contributed by atoms with van der Waals surface area (Å²) in [5.41, 5.74) is 5.82. The molecule has 0 amide bonds. The van der Waals surface area contributed by atoms with Crippen LogP contribution in [0.3, 0.4) is 0 Å². The van der Waals surface area contributed by atoms with E-state index in [1.165, 1.54) is 0 Å². The fourth-order valence-electron chi connectivity index (χ4n) is 3.26. The van der Waals surface area contributed by atoms with E-state index in [1.54, 1.807) is 0 Å². The molecule has 0 N–H and O–H groups in total. The summed E-state index contributed by atoms with van der Waals surface area (Å²) in [6, 6.07) is 32.0. The second-order valence-corrected chi connectivity index (χ2v) is 7.04. The molecule has 0 saturated heterocycles. The summed E-state index contributed by atoms with van der Waals surface area (Å²) >= 11 is 0. The van der Waals surface area contributed by atoms with E-state index in [1.807, 2.05) is 110 Å². The summed E-state index contributed by atoms with van der Waals surface area (Å²) in [5.74, 6) is 0.0246. The molecule has 4 rings (SSSR count). The maximum Gasteiger partial charge on any atom is 0.193 e. The van der Waals surface area contributed by atoms with E-state index in [-0.39, 0.29) is 11.6 Å². The van der Waals surface area contributed by atoms with Gasteiger partial charge in [-0.3, -0.25) is 9.59 Å². The fraction of sp³-hybridized carbons (Fsp3) is 0.0370. The Hall–Kier alpha value is -3.78. The van der Waals surface area contributed by atoms with Crippen molar-refractivity contribution < 1.29 is 9.59 Å². The molecule has 29 heavy (non-hydrogen) atoms. The fourth-order valence-corrected chi connectivity index (χ4v) is 3.26. The molecule has 0 heterocycles. The van der Waals surface area contributed by atoms with Crippen molar-refractivity contribution in [3.8, 4) is 11.1 Å². The van der Waals surface area contributed by atoms with Gasteiger partial charge in [0, 0.05) is 22.3 Å². The van der Waals surface area contributed by atoms with E-state index in [2.05, 4.69) is 0 Å². The lowest BCUT2D eigenvalue weighted by Crippen LogP contribution is -2.01. The molecule has 2 heteroatoms. The topological polar surface area (TPSA) is 34.1 Å². The molecule has 4 aromatic carbocycles. The Morgan fingerprint density at radius 2 is 0.793 bits per heavy atom. The molecule has 4 aromatic rings. The van der Waals surface area contributed by atoms with Crippen molar-refractivity contribution in [3.05, 3.63) is 131 Å². The van der Waals surface area contributed by atoms with Crippen LogP contribution in [0.2, 0.25) is 0 Å². The van der Waals surface area contributed by atoms with Crippen LogP contribution in [-0.2, 0) is 0 Å². The predicted octanol–water partition coefficient (Wildman–Crippen LogP) is 6.12. The van der Waals surface area contributed by atoms with Gasteiger partial charge in [0.1, 0.15) is 0 Å². The summed E-state index contributed by atoms with van der Waals surface area (Å²) in [5, 5.41) is 0. The molecule has 0 atom stereocenters. The lowest BCUT2D eigenvalue weighted by Gasteiger charge is -2.06. The SMILES string of the molecule is Cc1ccc(C(=O)c2ccc(-c3ccc(C(=O)c4ccccc4)cc3)cc2)cc1. The quantitative estimate of drug-likeness (QED) is 0.393. The molecular formula is C27H20O2. The zero-order valence-electron chi connectivity index (χ0n) is 16.1. The Morgan fingerprint density at radius 1 is 0.448 bits per heavy atom. The van der Waals surface area contributed by atoms with Crippen LogP contribution in [-0.4, -0.2) is 11.6 Å². The van der Waals surface area contributed by atoms with Crippen molar-refractivity contribution >= 4 is 11.6 Å². The molecule has 0 spiro atoms. The minimum Gasteiger partial charge on any atom is -0.289 e.